The maximum absolute atomic E-state index is 13.2. The number of rotatable bonds is 0. The van der Waals surface area contributed by atoms with Crippen LogP contribution in [0, 0.1) is 12.7 Å². The second-order valence-electron chi connectivity index (χ2n) is 2.88. The molecule has 1 aromatic heterocycles. The summed E-state index contributed by atoms with van der Waals surface area (Å²) in [5.74, 6) is -0.330. The standard InChI is InChI=1S/C10H7ClFN/c1-6-5-8(11)7-3-2-4-9(12)10(7)13-6/h2-5H,1H3. The quantitative estimate of drug-likeness (QED) is 0.628. The van der Waals surface area contributed by atoms with Gasteiger partial charge in [-0.25, -0.2) is 9.37 Å². The minimum Gasteiger partial charge on any atom is -0.250 e. The van der Waals surface area contributed by atoms with Crippen molar-refractivity contribution in [3.05, 3.63) is 40.8 Å². The predicted molar refractivity (Wildman–Crippen MR) is 51.4 cm³/mol. The lowest BCUT2D eigenvalue weighted by Gasteiger charge is -2.01. The van der Waals surface area contributed by atoms with Crippen LogP contribution in [0.25, 0.3) is 10.9 Å². The zero-order chi connectivity index (χ0) is 9.42. The highest BCUT2D eigenvalue weighted by Crippen LogP contribution is 2.24. The molecule has 0 saturated carbocycles. The van der Waals surface area contributed by atoms with Crippen LogP contribution in [0.1, 0.15) is 5.69 Å². The van der Waals surface area contributed by atoms with Gasteiger partial charge in [-0.05, 0) is 19.1 Å². The van der Waals surface area contributed by atoms with Gasteiger partial charge in [0, 0.05) is 11.1 Å². The first-order chi connectivity index (χ1) is 6.18. The van der Waals surface area contributed by atoms with Crippen LogP contribution in [0.2, 0.25) is 5.02 Å². The first-order valence-electron chi connectivity index (χ1n) is 3.90. The molecule has 0 bridgehead atoms. The van der Waals surface area contributed by atoms with Gasteiger partial charge in [-0.2, -0.15) is 0 Å². The molecular weight excluding hydrogens is 189 g/mol. The van der Waals surface area contributed by atoms with Gasteiger partial charge in [-0.1, -0.05) is 23.7 Å². The number of aromatic nitrogens is 1. The molecule has 0 saturated heterocycles. The van der Waals surface area contributed by atoms with Crippen molar-refractivity contribution in [2.24, 2.45) is 0 Å². The van der Waals surface area contributed by atoms with Gasteiger partial charge < -0.3 is 0 Å². The Balaban J connectivity index is 2.94. The number of benzene rings is 1. The Morgan fingerprint density at radius 2 is 2.15 bits per heavy atom. The normalized spacial score (nSPS) is 10.7. The summed E-state index contributed by atoms with van der Waals surface area (Å²) in [7, 11) is 0. The molecule has 0 aliphatic carbocycles. The number of pyridine rings is 1. The molecule has 0 aliphatic rings. The summed E-state index contributed by atoms with van der Waals surface area (Å²) in [6.07, 6.45) is 0. The molecule has 1 nitrogen and oxygen atoms in total. The minimum absolute atomic E-state index is 0.330. The Morgan fingerprint density at radius 1 is 1.38 bits per heavy atom. The SMILES string of the molecule is Cc1cc(Cl)c2cccc(F)c2n1. The second kappa shape index (κ2) is 2.96. The van der Waals surface area contributed by atoms with Crippen LogP contribution in [0.15, 0.2) is 24.3 Å². The number of para-hydroxylation sites is 1. The van der Waals surface area contributed by atoms with Crippen molar-refractivity contribution >= 4 is 22.5 Å². The summed E-state index contributed by atoms with van der Waals surface area (Å²) in [5.41, 5.74) is 1.06. The third-order valence-corrected chi connectivity index (χ3v) is 2.18. The molecule has 0 unspecified atom stereocenters. The van der Waals surface area contributed by atoms with Crippen LogP contribution < -0.4 is 0 Å². The first kappa shape index (κ1) is 8.45. The molecular formula is C10H7ClFN. The molecule has 0 N–H and O–H groups in total. The van der Waals surface area contributed by atoms with Gasteiger partial charge in [0.25, 0.3) is 0 Å². The number of hydrogen-bond acceptors (Lipinski definition) is 1. The van der Waals surface area contributed by atoms with E-state index in [1.807, 2.05) is 0 Å². The molecule has 2 aromatic rings. The van der Waals surface area contributed by atoms with E-state index in [2.05, 4.69) is 4.98 Å². The van der Waals surface area contributed by atoms with Gasteiger partial charge in [0.15, 0.2) is 0 Å². The number of halogens is 2. The highest BCUT2D eigenvalue weighted by atomic mass is 35.5. The van der Waals surface area contributed by atoms with Crippen molar-refractivity contribution in [2.75, 3.05) is 0 Å². The van der Waals surface area contributed by atoms with E-state index < -0.39 is 0 Å². The molecule has 1 aromatic carbocycles. The molecule has 0 amide bonds. The van der Waals surface area contributed by atoms with Gasteiger partial charge in [0.2, 0.25) is 0 Å². The molecule has 66 valence electrons. The summed E-state index contributed by atoms with van der Waals surface area (Å²) in [5, 5.41) is 1.20. The van der Waals surface area contributed by atoms with Crippen LogP contribution in [0.4, 0.5) is 4.39 Å². The molecule has 0 atom stereocenters. The number of hydrogen-bond donors (Lipinski definition) is 0. The van der Waals surface area contributed by atoms with Crippen molar-refractivity contribution in [3.63, 3.8) is 0 Å². The first-order valence-corrected chi connectivity index (χ1v) is 4.27. The largest absolute Gasteiger partial charge is 0.250 e. The van der Waals surface area contributed by atoms with Crippen LogP contribution in [0.3, 0.4) is 0 Å². The Hall–Kier alpha value is -1.15. The van der Waals surface area contributed by atoms with Crippen molar-refractivity contribution in [2.45, 2.75) is 6.92 Å². The molecule has 3 heteroatoms. The third-order valence-electron chi connectivity index (χ3n) is 1.87. The lowest BCUT2D eigenvalue weighted by atomic mass is 10.2. The van der Waals surface area contributed by atoms with E-state index in [9.17, 15) is 4.39 Å². The fraction of sp³-hybridized carbons (Fsp3) is 0.100. The lowest BCUT2D eigenvalue weighted by molar-refractivity contribution is 0.636. The number of nitrogens with zero attached hydrogens (tertiary/aromatic N) is 1. The van der Waals surface area contributed by atoms with E-state index >= 15 is 0 Å². The maximum Gasteiger partial charge on any atom is 0.149 e. The minimum atomic E-state index is -0.330. The van der Waals surface area contributed by atoms with Crippen LogP contribution in [-0.4, -0.2) is 4.98 Å². The lowest BCUT2D eigenvalue weighted by Crippen LogP contribution is -1.87. The highest BCUT2D eigenvalue weighted by Gasteiger charge is 2.05. The Morgan fingerprint density at radius 3 is 2.92 bits per heavy atom. The van der Waals surface area contributed by atoms with Crippen molar-refractivity contribution in [3.8, 4) is 0 Å². The Bertz CT molecular complexity index is 468. The van der Waals surface area contributed by atoms with Crippen LogP contribution >= 0.6 is 11.6 Å². The van der Waals surface area contributed by atoms with E-state index in [0.717, 1.165) is 5.69 Å². The van der Waals surface area contributed by atoms with E-state index in [-0.39, 0.29) is 5.82 Å². The third kappa shape index (κ3) is 1.38. The van der Waals surface area contributed by atoms with E-state index in [1.54, 1.807) is 25.1 Å². The summed E-state index contributed by atoms with van der Waals surface area (Å²) in [6.45, 7) is 1.79. The number of aryl methyl sites for hydroxylation is 1. The molecule has 0 aliphatic heterocycles. The van der Waals surface area contributed by atoms with Crippen molar-refractivity contribution in [1.29, 1.82) is 0 Å². The van der Waals surface area contributed by atoms with Crippen LogP contribution in [0.5, 0.6) is 0 Å². The Labute approximate surface area is 80.2 Å². The average molecular weight is 196 g/mol. The summed E-state index contributed by atoms with van der Waals surface area (Å²) >= 11 is 5.93. The fourth-order valence-electron chi connectivity index (χ4n) is 1.29. The van der Waals surface area contributed by atoms with Gasteiger partial charge in [-0.15, -0.1) is 0 Å². The maximum atomic E-state index is 13.2. The fourth-order valence-corrected chi connectivity index (χ4v) is 1.60. The average Bonchev–Trinajstić information content (AvgIpc) is 2.07. The van der Waals surface area contributed by atoms with E-state index in [4.69, 9.17) is 11.6 Å². The van der Waals surface area contributed by atoms with Crippen molar-refractivity contribution in [1.82, 2.24) is 4.98 Å². The smallest absolute Gasteiger partial charge is 0.149 e. The Kier molecular flexibility index (Phi) is 1.93. The molecule has 2 rings (SSSR count). The zero-order valence-electron chi connectivity index (χ0n) is 7.01. The van der Waals surface area contributed by atoms with E-state index in [1.165, 1.54) is 6.07 Å². The van der Waals surface area contributed by atoms with Gasteiger partial charge in [-0.3, -0.25) is 0 Å². The molecule has 0 radical (unpaired) electrons. The molecule has 0 spiro atoms. The molecule has 13 heavy (non-hydrogen) atoms. The zero-order valence-corrected chi connectivity index (χ0v) is 7.77. The summed E-state index contributed by atoms with van der Waals surface area (Å²) in [4.78, 5) is 4.08. The number of fused-ring (bicyclic) bond motifs is 1. The molecule has 1 heterocycles. The highest BCUT2D eigenvalue weighted by molar-refractivity contribution is 6.35. The summed E-state index contributed by atoms with van der Waals surface area (Å²) in [6, 6.07) is 6.49. The van der Waals surface area contributed by atoms with Gasteiger partial charge in [0.1, 0.15) is 11.3 Å². The summed E-state index contributed by atoms with van der Waals surface area (Å²) < 4.78 is 13.2. The van der Waals surface area contributed by atoms with Gasteiger partial charge >= 0.3 is 0 Å². The molecule has 0 fully saturated rings. The van der Waals surface area contributed by atoms with E-state index in [0.29, 0.717) is 15.9 Å². The second-order valence-corrected chi connectivity index (χ2v) is 3.29. The van der Waals surface area contributed by atoms with Crippen LogP contribution in [-0.2, 0) is 0 Å². The monoisotopic (exact) mass is 195 g/mol. The predicted octanol–water partition coefficient (Wildman–Crippen LogP) is 3.34. The van der Waals surface area contributed by atoms with Gasteiger partial charge in [0.05, 0.1) is 5.02 Å². The topological polar surface area (TPSA) is 12.9 Å². The van der Waals surface area contributed by atoms with Crippen molar-refractivity contribution < 1.29 is 4.39 Å².